The molecular formula is C17H12F3N3O. The molecular weight excluding hydrogens is 319 g/mol. The fraction of sp³-hybridized carbons (Fsp3) is 0.0588. The molecule has 0 radical (unpaired) electrons. The molecule has 1 amide bonds. The Balaban J connectivity index is 1.93. The van der Waals surface area contributed by atoms with E-state index in [9.17, 15) is 18.0 Å². The van der Waals surface area contributed by atoms with Gasteiger partial charge in [-0.3, -0.25) is 9.89 Å². The monoisotopic (exact) mass is 331 g/mol. The van der Waals surface area contributed by atoms with Crippen LogP contribution in [0.15, 0.2) is 42.5 Å². The van der Waals surface area contributed by atoms with Crippen molar-refractivity contribution in [3.8, 4) is 11.1 Å². The third-order valence-corrected chi connectivity index (χ3v) is 3.44. The molecule has 0 bridgehead atoms. The van der Waals surface area contributed by atoms with E-state index >= 15 is 0 Å². The molecule has 0 aliphatic carbocycles. The minimum absolute atomic E-state index is 0.168. The van der Waals surface area contributed by atoms with Crippen LogP contribution in [0.1, 0.15) is 16.1 Å². The molecule has 24 heavy (non-hydrogen) atoms. The summed E-state index contributed by atoms with van der Waals surface area (Å²) in [6.07, 6.45) is 0. The first-order chi connectivity index (χ1) is 11.4. The van der Waals surface area contributed by atoms with Gasteiger partial charge in [0.25, 0.3) is 5.91 Å². The second-order valence-corrected chi connectivity index (χ2v) is 5.19. The van der Waals surface area contributed by atoms with Crippen LogP contribution in [0.25, 0.3) is 11.1 Å². The lowest BCUT2D eigenvalue weighted by Crippen LogP contribution is -2.13. The van der Waals surface area contributed by atoms with E-state index in [1.807, 2.05) is 0 Å². The molecule has 3 rings (SSSR count). The summed E-state index contributed by atoms with van der Waals surface area (Å²) in [5.41, 5.74) is 1.70. The fourth-order valence-electron chi connectivity index (χ4n) is 2.35. The molecule has 0 atom stereocenters. The zero-order valence-corrected chi connectivity index (χ0v) is 12.5. The molecule has 3 aromatic rings. The first-order valence-electron chi connectivity index (χ1n) is 7.02. The maximum Gasteiger partial charge on any atom is 0.257 e. The molecule has 0 aliphatic heterocycles. The van der Waals surface area contributed by atoms with Gasteiger partial charge in [-0.15, -0.1) is 0 Å². The number of nitrogens with one attached hydrogen (secondary N) is 2. The Morgan fingerprint density at radius 2 is 1.62 bits per heavy atom. The normalized spacial score (nSPS) is 10.7. The van der Waals surface area contributed by atoms with E-state index in [-0.39, 0.29) is 17.2 Å². The molecule has 122 valence electrons. The Morgan fingerprint density at radius 3 is 2.25 bits per heavy atom. The van der Waals surface area contributed by atoms with E-state index in [0.29, 0.717) is 22.9 Å². The summed E-state index contributed by atoms with van der Waals surface area (Å²) in [5.74, 6) is -2.60. The molecule has 0 aliphatic rings. The molecule has 2 N–H and O–H groups in total. The smallest absolute Gasteiger partial charge is 0.257 e. The van der Waals surface area contributed by atoms with Crippen molar-refractivity contribution in [1.29, 1.82) is 0 Å². The quantitative estimate of drug-likeness (QED) is 0.760. The van der Waals surface area contributed by atoms with E-state index in [1.54, 1.807) is 19.1 Å². The van der Waals surface area contributed by atoms with Crippen LogP contribution in [0, 0.1) is 24.4 Å². The number of anilines is 1. The van der Waals surface area contributed by atoms with E-state index in [0.717, 1.165) is 12.1 Å². The highest BCUT2D eigenvalue weighted by molar-refractivity contribution is 6.05. The second kappa shape index (κ2) is 6.19. The van der Waals surface area contributed by atoms with Crippen molar-refractivity contribution < 1.29 is 18.0 Å². The molecule has 1 heterocycles. The maximum absolute atomic E-state index is 13.2. The van der Waals surface area contributed by atoms with Gasteiger partial charge in [-0.2, -0.15) is 5.10 Å². The highest BCUT2D eigenvalue weighted by Crippen LogP contribution is 2.29. The average molecular weight is 331 g/mol. The largest absolute Gasteiger partial charge is 0.305 e. The molecule has 0 saturated heterocycles. The Labute approximate surface area is 135 Å². The Morgan fingerprint density at radius 1 is 1.00 bits per heavy atom. The summed E-state index contributed by atoms with van der Waals surface area (Å²) >= 11 is 0. The first-order valence-corrected chi connectivity index (χ1v) is 7.02. The number of H-pyrrole nitrogens is 1. The van der Waals surface area contributed by atoms with Crippen LogP contribution in [0.3, 0.4) is 0 Å². The summed E-state index contributed by atoms with van der Waals surface area (Å²) < 4.78 is 39.5. The zero-order valence-electron chi connectivity index (χ0n) is 12.5. The fourth-order valence-corrected chi connectivity index (χ4v) is 2.35. The Hall–Kier alpha value is -3.09. The predicted molar refractivity (Wildman–Crippen MR) is 83.0 cm³/mol. The van der Waals surface area contributed by atoms with Gasteiger partial charge in [0, 0.05) is 22.9 Å². The predicted octanol–water partition coefficient (Wildman–Crippen LogP) is 4.05. The number of halogens is 3. The lowest BCUT2D eigenvalue weighted by Gasteiger charge is -2.07. The second-order valence-electron chi connectivity index (χ2n) is 5.19. The van der Waals surface area contributed by atoms with Gasteiger partial charge >= 0.3 is 0 Å². The number of hydrogen-bond acceptors (Lipinski definition) is 2. The van der Waals surface area contributed by atoms with Crippen LogP contribution in [-0.4, -0.2) is 16.1 Å². The number of benzene rings is 2. The minimum atomic E-state index is -0.850. The van der Waals surface area contributed by atoms with Crippen LogP contribution in [0.2, 0.25) is 0 Å². The number of nitrogens with zero attached hydrogens (tertiary/aromatic N) is 1. The summed E-state index contributed by atoms with van der Waals surface area (Å²) in [7, 11) is 0. The van der Waals surface area contributed by atoms with Gasteiger partial charge in [0.2, 0.25) is 0 Å². The molecule has 1 aromatic heterocycles. The Kier molecular flexibility index (Phi) is 4.07. The third-order valence-electron chi connectivity index (χ3n) is 3.44. The number of aryl methyl sites for hydroxylation is 1. The van der Waals surface area contributed by atoms with Crippen molar-refractivity contribution in [3.05, 3.63) is 71.2 Å². The lowest BCUT2D eigenvalue weighted by molar-refractivity contribution is 0.102. The summed E-state index contributed by atoms with van der Waals surface area (Å²) in [4.78, 5) is 12.2. The molecule has 0 spiro atoms. The summed E-state index contributed by atoms with van der Waals surface area (Å²) in [5, 5.41) is 9.22. The first kappa shape index (κ1) is 15.8. The number of carbonyl (C=O) groups excluding carboxylic acids is 1. The lowest BCUT2D eigenvalue weighted by atomic mass is 10.1. The van der Waals surface area contributed by atoms with Crippen molar-refractivity contribution in [2.45, 2.75) is 6.92 Å². The third kappa shape index (κ3) is 3.15. The van der Waals surface area contributed by atoms with E-state index in [2.05, 4.69) is 15.5 Å². The zero-order chi connectivity index (χ0) is 17.3. The van der Waals surface area contributed by atoms with Gasteiger partial charge in [0.1, 0.15) is 17.5 Å². The number of aromatic nitrogens is 2. The van der Waals surface area contributed by atoms with Gasteiger partial charge in [-0.1, -0.05) is 12.1 Å². The summed E-state index contributed by atoms with van der Waals surface area (Å²) in [6.45, 7) is 1.74. The highest BCUT2D eigenvalue weighted by atomic mass is 19.1. The van der Waals surface area contributed by atoms with E-state index < -0.39 is 17.5 Å². The number of hydrogen-bond donors (Lipinski definition) is 2. The SMILES string of the molecule is Cc1[nH]nc(NC(=O)c2cc(F)cc(F)c2)c1-c1ccc(F)cc1. The Bertz CT molecular complexity index is 884. The van der Waals surface area contributed by atoms with Crippen LogP contribution < -0.4 is 5.32 Å². The van der Waals surface area contributed by atoms with Crippen molar-refractivity contribution in [2.24, 2.45) is 0 Å². The van der Waals surface area contributed by atoms with Gasteiger partial charge in [0.05, 0.1) is 0 Å². The average Bonchev–Trinajstić information content (AvgIpc) is 2.88. The molecule has 0 saturated carbocycles. The molecule has 4 nitrogen and oxygen atoms in total. The van der Waals surface area contributed by atoms with Crippen LogP contribution in [0.4, 0.5) is 19.0 Å². The number of rotatable bonds is 3. The van der Waals surface area contributed by atoms with E-state index in [4.69, 9.17) is 0 Å². The van der Waals surface area contributed by atoms with Crippen molar-refractivity contribution in [1.82, 2.24) is 10.2 Å². The maximum atomic E-state index is 13.2. The van der Waals surface area contributed by atoms with Crippen LogP contribution >= 0.6 is 0 Å². The van der Waals surface area contributed by atoms with Crippen LogP contribution in [0.5, 0.6) is 0 Å². The van der Waals surface area contributed by atoms with Crippen molar-refractivity contribution in [3.63, 3.8) is 0 Å². The molecule has 2 aromatic carbocycles. The number of aromatic amines is 1. The van der Waals surface area contributed by atoms with Gasteiger partial charge < -0.3 is 5.32 Å². The van der Waals surface area contributed by atoms with Gasteiger partial charge in [-0.25, -0.2) is 13.2 Å². The van der Waals surface area contributed by atoms with E-state index in [1.165, 1.54) is 12.1 Å². The van der Waals surface area contributed by atoms with Gasteiger partial charge in [-0.05, 0) is 36.8 Å². The highest BCUT2D eigenvalue weighted by Gasteiger charge is 2.17. The number of amides is 1. The van der Waals surface area contributed by atoms with Gasteiger partial charge in [0.15, 0.2) is 5.82 Å². The molecule has 7 heteroatoms. The molecule has 0 unspecified atom stereocenters. The van der Waals surface area contributed by atoms with Crippen LogP contribution in [-0.2, 0) is 0 Å². The topological polar surface area (TPSA) is 57.8 Å². The standard InChI is InChI=1S/C17H12F3N3O/c1-9-15(10-2-4-12(18)5-3-10)16(23-22-9)21-17(24)11-6-13(19)8-14(20)7-11/h2-8H,1H3,(H2,21,22,23,24). The minimum Gasteiger partial charge on any atom is -0.305 e. The summed E-state index contributed by atoms with van der Waals surface area (Å²) in [6, 6.07) is 8.20. The van der Waals surface area contributed by atoms with Crippen molar-refractivity contribution >= 4 is 11.7 Å². The van der Waals surface area contributed by atoms with Crippen molar-refractivity contribution in [2.75, 3.05) is 5.32 Å². The molecule has 0 fully saturated rings. The number of carbonyl (C=O) groups is 1.